The molecule has 122 valence electrons. The molecule has 0 radical (unpaired) electrons. The van der Waals surface area contributed by atoms with E-state index in [1.165, 1.54) is 16.5 Å². The number of anilines is 1. The zero-order chi connectivity index (χ0) is 17.1. The maximum atomic E-state index is 12.4. The fourth-order valence-electron chi connectivity index (χ4n) is 2.53. The molecular formula is C19H19N3O2. The lowest BCUT2D eigenvalue weighted by molar-refractivity contribution is -0.116. The first kappa shape index (κ1) is 15.9. The van der Waals surface area contributed by atoms with Crippen LogP contribution in [0.3, 0.4) is 0 Å². The first-order valence-corrected chi connectivity index (χ1v) is 7.88. The van der Waals surface area contributed by atoms with Gasteiger partial charge in [-0.1, -0.05) is 38.1 Å². The van der Waals surface area contributed by atoms with Gasteiger partial charge in [0.05, 0.1) is 17.2 Å². The predicted octanol–water partition coefficient (Wildman–Crippen LogP) is 3.16. The number of nitrogens with zero attached hydrogens (tertiary/aromatic N) is 2. The molecule has 0 aliphatic rings. The molecule has 1 heterocycles. The molecule has 1 aromatic heterocycles. The van der Waals surface area contributed by atoms with E-state index in [4.69, 9.17) is 0 Å². The number of amides is 1. The number of aromatic nitrogens is 2. The summed E-state index contributed by atoms with van der Waals surface area (Å²) in [6.07, 6.45) is 1.41. The Kier molecular flexibility index (Phi) is 4.42. The van der Waals surface area contributed by atoms with Gasteiger partial charge >= 0.3 is 0 Å². The Labute approximate surface area is 140 Å². The van der Waals surface area contributed by atoms with Gasteiger partial charge in [-0.25, -0.2) is 4.98 Å². The number of para-hydroxylation sites is 1. The van der Waals surface area contributed by atoms with Crippen LogP contribution in [0.5, 0.6) is 0 Å². The molecule has 0 saturated heterocycles. The summed E-state index contributed by atoms with van der Waals surface area (Å²) in [6, 6.07) is 14.8. The number of nitrogens with one attached hydrogen (secondary N) is 1. The van der Waals surface area contributed by atoms with E-state index in [-0.39, 0.29) is 18.0 Å². The fraction of sp³-hybridized carbons (Fsp3) is 0.211. The highest BCUT2D eigenvalue weighted by atomic mass is 16.2. The van der Waals surface area contributed by atoms with Crippen LogP contribution in [0.4, 0.5) is 5.69 Å². The minimum atomic E-state index is -0.258. The average Bonchev–Trinajstić information content (AvgIpc) is 2.58. The summed E-state index contributed by atoms with van der Waals surface area (Å²) in [5, 5.41) is 3.31. The van der Waals surface area contributed by atoms with E-state index < -0.39 is 0 Å². The van der Waals surface area contributed by atoms with Crippen LogP contribution >= 0.6 is 0 Å². The van der Waals surface area contributed by atoms with Crippen LogP contribution in [0.25, 0.3) is 10.9 Å². The topological polar surface area (TPSA) is 64.0 Å². The van der Waals surface area contributed by atoms with Gasteiger partial charge < -0.3 is 5.32 Å². The average molecular weight is 321 g/mol. The Bertz CT molecular complexity index is 927. The minimum Gasteiger partial charge on any atom is -0.325 e. The van der Waals surface area contributed by atoms with Gasteiger partial charge in [0.1, 0.15) is 6.54 Å². The van der Waals surface area contributed by atoms with Crippen molar-refractivity contribution in [2.75, 3.05) is 5.32 Å². The van der Waals surface area contributed by atoms with Crippen molar-refractivity contribution in [2.45, 2.75) is 26.3 Å². The van der Waals surface area contributed by atoms with E-state index in [0.717, 1.165) is 0 Å². The van der Waals surface area contributed by atoms with Gasteiger partial charge in [0, 0.05) is 5.69 Å². The zero-order valence-corrected chi connectivity index (χ0v) is 13.7. The molecular weight excluding hydrogens is 302 g/mol. The van der Waals surface area contributed by atoms with E-state index in [2.05, 4.69) is 24.1 Å². The molecule has 0 aliphatic heterocycles. The van der Waals surface area contributed by atoms with Gasteiger partial charge in [0.25, 0.3) is 5.56 Å². The molecule has 0 fully saturated rings. The molecule has 0 bridgehead atoms. The maximum absolute atomic E-state index is 12.4. The Morgan fingerprint density at radius 2 is 1.83 bits per heavy atom. The molecule has 3 rings (SSSR count). The van der Waals surface area contributed by atoms with Crippen LogP contribution in [-0.4, -0.2) is 15.5 Å². The van der Waals surface area contributed by atoms with Gasteiger partial charge in [0.2, 0.25) is 5.91 Å². The second-order valence-electron chi connectivity index (χ2n) is 6.02. The Balaban J connectivity index is 1.75. The van der Waals surface area contributed by atoms with Crippen molar-refractivity contribution in [1.82, 2.24) is 9.55 Å². The lowest BCUT2D eigenvalue weighted by Gasteiger charge is -2.10. The Morgan fingerprint density at radius 3 is 2.54 bits per heavy atom. The van der Waals surface area contributed by atoms with Crippen LogP contribution in [0.1, 0.15) is 25.3 Å². The number of hydrogen-bond donors (Lipinski definition) is 1. The van der Waals surface area contributed by atoms with Crippen LogP contribution in [0, 0.1) is 0 Å². The molecule has 0 atom stereocenters. The summed E-state index contributed by atoms with van der Waals surface area (Å²) >= 11 is 0. The minimum absolute atomic E-state index is 0.0669. The van der Waals surface area contributed by atoms with Crippen LogP contribution in [0.2, 0.25) is 0 Å². The maximum Gasteiger partial charge on any atom is 0.261 e. The molecule has 1 amide bonds. The number of rotatable bonds is 4. The van der Waals surface area contributed by atoms with E-state index in [9.17, 15) is 9.59 Å². The molecule has 5 nitrogen and oxygen atoms in total. The smallest absolute Gasteiger partial charge is 0.261 e. The summed E-state index contributed by atoms with van der Waals surface area (Å²) in [5.74, 6) is 0.184. The number of benzene rings is 2. The second kappa shape index (κ2) is 6.66. The number of carbonyl (C=O) groups is 1. The largest absolute Gasteiger partial charge is 0.325 e. The third-order valence-electron chi connectivity index (χ3n) is 3.91. The first-order chi connectivity index (χ1) is 11.5. The molecule has 0 aliphatic carbocycles. The number of carbonyl (C=O) groups excluding carboxylic acids is 1. The van der Waals surface area contributed by atoms with Gasteiger partial charge in [-0.2, -0.15) is 0 Å². The summed E-state index contributed by atoms with van der Waals surface area (Å²) < 4.78 is 1.32. The highest BCUT2D eigenvalue weighted by Gasteiger charge is 2.08. The second-order valence-corrected chi connectivity index (χ2v) is 6.02. The zero-order valence-electron chi connectivity index (χ0n) is 13.7. The van der Waals surface area contributed by atoms with E-state index in [0.29, 0.717) is 22.5 Å². The normalized spacial score (nSPS) is 11.0. The van der Waals surface area contributed by atoms with Crippen LogP contribution < -0.4 is 10.9 Å². The predicted molar refractivity (Wildman–Crippen MR) is 95.2 cm³/mol. The molecule has 2 aromatic carbocycles. The number of hydrogen-bond acceptors (Lipinski definition) is 3. The standard InChI is InChI=1S/C19H19N3O2/c1-13(2)14-7-9-15(10-8-14)21-18(23)11-22-12-20-17-6-4-3-5-16(17)19(22)24/h3-10,12-13H,11H2,1-2H3,(H,21,23). The van der Waals surface area contributed by atoms with Crippen LogP contribution in [-0.2, 0) is 11.3 Å². The van der Waals surface area contributed by atoms with Crippen molar-refractivity contribution in [1.29, 1.82) is 0 Å². The third-order valence-corrected chi connectivity index (χ3v) is 3.91. The summed E-state index contributed by atoms with van der Waals surface area (Å²) in [6.45, 7) is 4.17. The lowest BCUT2D eigenvalue weighted by atomic mass is 10.0. The fourth-order valence-corrected chi connectivity index (χ4v) is 2.53. The van der Waals surface area contributed by atoms with E-state index in [1.807, 2.05) is 30.3 Å². The highest BCUT2D eigenvalue weighted by Crippen LogP contribution is 2.17. The molecule has 24 heavy (non-hydrogen) atoms. The molecule has 5 heteroatoms. The van der Waals surface area contributed by atoms with Gasteiger partial charge in [-0.15, -0.1) is 0 Å². The molecule has 0 saturated carbocycles. The van der Waals surface area contributed by atoms with Crippen molar-refractivity contribution in [3.8, 4) is 0 Å². The Hall–Kier alpha value is -2.95. The van der Waals surface area contributed by atoms with Crippen molar-refractivity contribution < 1.29 is 4.79 Å². The van der Waals surface area contributed by atoms with Gasteiger partial charge in [0.15, 0.2) is 0 Å². The lowest BCUT2D eigenvalue weighted by Crippen LogP contribution is -2.27. The SMILES string of the molecule is CC(C)c1ccc(NC(=O)Cn2cnc3ccccc3c2=O)cc1. The van der Waals surface area contributed by atoms with E-state index in [1.54, 1.807) is 18.2 Å². The summed E-state index contributed by atoms with van der Waals surface area (Å²) in [7, 11) is 0. The molecule has 0 unspecified atom stereocenters. The Morgan fingerprint density at radius 1 is 1.12 bits per heavy atom. The molecule has 3 aromatic rings. The van der Waals surface area contributed by atoms with E-state index >= 15 is 0 Å². The quantitative estimate of drug-likeness (QED) is 0.803. The van der Waals surface area contributed by atoms with Crippen molar-refractivity contribution in [3.05, 3.63) is 70.8 Å². The monoisotopic (exact) mass is 321 g/mol. The third kappa shape index (κ3) is 3.35. The first-order valence-electron chi connectivity index (χ1n) is 7.88. The summed E-state index contributed by atoms with van der Waals surface area (Å²) in [5.41, 5.74) is 2.34. The highest BCUT2D eigenvalue weighted by molar-refractivity contribution is 5.90. The van der Waals surface area contributed by atoms with Crippen molar-refractivity contribution in [2.24, 2.45) is 0 Å². The van der Waals surface area contributed by atoms with Crippen molar-refractivity contribution in [3.63, 3.8) is 0 Å². The van der Waals surface area contributed by atoms with Gasteiger partial charge in [-0.05, 0) is 35.7 Å². The molecule has 1 N–H and O–H groups in total. The number of fused-ring (bicyclic) bond motifs is 1. The van der Waals surface area contributed by atoms with Crippen molar-refractivity contribution >= 4 is 22.5 Å². The van der Waals surface area contributed by atoms with Gasteiger partial charge in [-0.3, -0.25) is 14.2 Å². The van der Waals surface area contributed by atoms with Crippen LogP contribution in [0.15, 0.2) is 59.7 Å². The summed E-state index contributed by atoms with van der Waals surface area (Å²) in [4.78, 5) is 28.8. The molecule has 0 spiro atoms.